The van der Waals surface area contributed by atoms with Crippen LogP contribution in [0.25, 0.3) is 0 Å². The van der Waals surface area contributed by atoms with Gasteiger partial charge in [0.25, 0.3) is 12.3 Å². The van der Waals surface area contributed by atoms with E-state index in [2.05, 4.69) is 31.2 Å². The molecular formula is C22H24F2N6O3S. The molecule has 34 heavy (non-hydrogen) atoms. The van der Waals surface area contributed by atoms with E-state index in [0.717, 1.165) is 11.8 Å². The molecule has 9 nitrogen and oxygen atoms in total. The molecule has 0 aliphatic carbocycles. The summed E-state index contributed by atoms with van der Waals surface area (Å²) in [4.78, 5) is 29.4. The highest BCUT2D eigenvalue weighted by Crippen LogP contribution is 2.53. The van der Waals surface area contributed by atoms with Gasteiger partial charge in [-0.25, -0.2) is 23.7 Å². The number of aromatic nitrogens is 3. The number of aliphatic imine (C=N–C) groups is 1. The van der Waals surface area contributed by atoms with Crippen molar-refractivity contribution >= 4 is 28.5 Å². The van der Waals surface area contributed by atoms with E-state index in [1.165, 1.54) is 32.6 Å². The fraction of sp³-hybridized carbons (Fsp3) is 0.409. The number of ether oxygens (including phenoxy) is 2. The molecule has 2 aromatic heterocycles. The molecule has 0 unspecified atom stereocenters. The second-order valence-electron chi connectivity index (χ2n) is 7.87. The lowest BCUT2D eigenvalue weighted by atomic mass is 9.74. The van der Waals surface area contributed by atoms with E-state index >= 15 is 0 Å². The lowest BCUT2D eigenvalue weighted by Gasteiger charge is -2.46. The topological polar surface area (TPSA) is 125 Å². The zero-order valence-corrected chi connectivity index (χ0v) is 19.8. The van der Waals surface area contributed by atoms with Crippen LogP contribution in [-0.4, -0.2) is 50.9 Å². The number of halogens is 2. The van der Waals surface area contributed by atoms with E-state index in [9.17, 15) is 13.6 Å². The number of carbonyl (C=O) groups excluding carboxylic acids is 1. The molecule has 1 aliphatic rings. The fourth-order valence-electron chi connectivity index (χ4n) is 3.61. The molecule has 3 heterocycles. The van der Waals surface area contributed by atoms with Crippen LogP contribution in [0.2, 0.25) is 0 Å². The number of amides is 1. The number of terminal acetylenes is 1. The minimum Gasteiger partial charge on any atom is -0.481 e. The average molecular weight is 491 g/mol. The Hall–Kier alpha value is -3.46. The number of carbonyl (C=O) groups is 1. The summed E-state index contributed by atoms with van der Waals surface area (Å²) in [5, 5.41) is 2.70. The van der Waals surface area contributed by atoms with Crippen molar-refractivity contribution in [3.8, 4) is 24.1 Å². The minimum atomic E-state index is -2.66. The first-order valence-corrected chi connectivity index (χ1v) is 10.9. The zero-order chi connectivity index (χ0) is 25.1. The number of hydrogen-bond acceptors (Lipinski definition) is 9. The number of nitrogens with one attached hydrogen (secondary N) is 1. The Morgan fingerprint density at radius 2 is 2.06 bits per heavy atom. The van der Waals surface area contributed by atoms with E-state index in [1.807, 2.05) is 0 Å². The van der Waals surface area contributed by atoms with Crippen LogP contribution in [0.3, 0.4) is 0 Å². The Labute approximate surface area is 200 Å². The van der Waals surface area contributed by atoms with Crippen molar-refractivity contribution in [1.29, 1.82) is 0 Å². The highest BCUT2D eigenvalue weighted by atomic mass is 32.2. The normalized spacial score (nSPS) is 24.2. The highest BCUT2D eigenvalue weighted by Gasteiger charge is 2.54. The first kappa shape index (κ1) is 25.2. The molecule has 3 rings (SSSR count). The number of nitrogens with zero attached hydrogens (tertiary/aromatic N) is 4. The van der Waals surface area contributed by atoms with Crippen molar-refractivity contribution in [2.75, 3.05) is 19.0 Å². The van der Waals surface area contributed by atoms with Gasteiger partial charge in [-0.2, -0.15) is 0 Å². The molecule has 1 amide bonds. The summed E-state index contributed by atoms with van der Waals surface area (Å²) in [5.74, 6) is 1.43. The Bertz CT molecular complexity index is 1140. The van der Waals surface area contributed by atoms with Crippen molar-refractivity contribution in [1.82, 2.24) is 15.0 Å². The smallest absolute Gasteiger partial charge is 0.275 e. The molecule has 0 radical (unpaired) electrons. The second-order valence-corrected chi connectivity index (χ2v) is 9.38. The van der Waals surface area contributed by atoms with E-state index in [0.29, 0.717) is 5.56 Å². The van der Waals surface area contributed by atoms with Gasteiger partial charge >= 0.3 is 0 Å². The van der Waals surface area contributed by atoms with Crippen LogP contribution in [0.1, 0.15) is 36.8 Å². The number of alkyl halides is 2. The lowest BCUT2D eigenvalue weighted by molar-refractivity contribution is 0.0573. The predicted molar refractivity (Wildman–Crippen MR) is 125 cm³/mol. The van der Waals surface area contributed by atoms with E-state index < -0.39 is 28.5 Å². The Morgan fingerprint density at radius 1 is 1.32 bits per heavy atom. The maximum atomic E-state index is 14.0. The van der Waals surface area contributed by atoms with E-state index in [1.54, 1.807) is 19.9 Å². The van der Waals surface area contributed by atoms with Crippen LogP contribution in [0.4, 0.5) is 14.5 Å². The number of anilines is 1. The molecule has 180 valence electrons. The summed E-state index contributed by atoms with van der Waals surface area (Å²) < 4.78 is 37.1. The van der Waals surface area contributed by atoms with Crippen molar-refractivity contribution < 1.29 is 23.0 Å². The van der Waals surface area contributed by atoms with Gasteiger partial charge in [-0.15, -0.1) is 6.42 Å². The van der Waals surface area contributed by atoms with E-state index in [4.69, 9.17) is 21.6 Å². The second kappa shape index (κ2) is 9.80. The predicted octanol–water partition coefficient (Wildman–Crippen LogP) is 3.08. The third-order valence-corrected chi connectivity index (χ3v) is 7.09. The summed E-state index contributed by atoms with van der Waals surface area (Å²) in [6.07, 6.45) is 6.36. The molecule has 0 bridgehead atoms. The standard InChI is InChI=1S/C22H24F2N6O3S/c1-6-7-33-16-11-26-15(10-27-16)17(31)29-13-8-14(18(32-5)28-9-13)21(3)12(2)22(4,19(23)24)34-20(25)30-21/h1,8-12,19H,7H2,2-5H3,(H2,25,30)(H,29,31)/t12-,21-,22-/m0/s1. The first-order chi connectivity index (χ1) is 16.0. The van der Waals surface area contributed by atoms with Gasteiger partial charge < -0.3 is 20.5 Å². The number of nitrogens with two attached hydrogens (primary N) is 1. The van der Waals surface area contributed by atoms with Crippen LogP contribution < -0.4 is 20.5 Å². The molecule has 2 aromatic rings. The SMILES string of the molecule is C#CCOc1cnc(C(=O)Nc2cnc(OC)c([C@@]3(C)N=C(N)S[C@](C)(C(F)F)[C@H]3C)c2)cn1. The van der Waals surface area contributed by atoms with Gasteiger partial charge in [0.05, 0.1) is 41.7 Å². The molecule has 0 spiro atoms. The summed E-state index contributed by atoms with van der Waals surface area (Å²) in [5.41, 5.74) is 5.47. The number of methoxy groups -OCH3 is 1. The third kappa shape index (κ3) is 4.75. The number of amidine groups is 1. The van der Waals surface area contributed by atoms with Crippen molar-refractivity contribution in [2.24, 2.45) is 16.6 Å². The summed E-state index contributed by atoms with van der Waals surface area (Å²) in [7, 11) is 1.41. The molecular weight excluding hydrogens is 466 g/mol. The molecule has 0 fully saturated rings. The maximum absolute atomic E-state index is 14.0. The summed E-state index contributed by atoms with van der Waals surface area (Å²) >= 11 is 0.844. The first-order valence-electron chi connectivity index (χ1n) is 10.1. The van der Waals surface area contributed by atoms with Gasteiger partial charge in [0.2, 0.25) is 11.8 Å². The van der Waals surface area contributed by atoms with Gasteiger partial charge in [0, 0.05) is 11.5 Å². The average Bonchev–Trinajstić information content (AvgIpc) is 2.81. The number of thioether (sulfide) groups is 1. The Kier molecular flexibility index (Phi) is 7.26. The number of hydrogen-bond donors (Lipinski definition) is 2. The van der Waals surface area contributed by atoms with Crippen LogP contribution in [0, 0.1) is 18.3 Å². The van der Waals surface area contributed by atoms with Gasteiger partial charge in [-0.05, 0) is 19.9 Å². The van der Waals surface area contributed by atoms with Gasteiger partial charge in [0.1, 0.15) is 5.69 Å². The van der Waals surface area contributed by atoms with Gasteiger partial charge in [0.15, 0.2) is 11.8 Å². The molecule has 12 heteroatoms. The molecule has 1 aliphatic heterocycles. The van der Waals surface area contributed by atoms with E-state index in [-0.39, 0.29) is 34.9 Å². The van der Waals surface area contributed by atoms with Crippen LogP contribution in [0.5, 0.6) is 11.8 Å². The summed E-state index contributed by atoms with van der Waals surface area (Å²) in [6.45, 7) is 4.84. The van der Waals surface area contributed by atoms with Crippen LogP contribution in [-0.2, 0) is 5.54 Å². The molecule has 3 N–H and O–H groups in total. The summed E-state index contributed by atoms with van der Waals surface area (Å²) in [6, 6.07) is 1.58. The Morgan fingerprint density at radius 3 is 2.65 bits per heavy atom. The number of rotatable bonds is 7. The maximum Gasteiger partial charge on any atom is 0.275 e. The Balaban J connectivity index is 1.94. The van der Waals surface area contributed by atoms with Crippen molar-refractivity contribution in [3.05, 3.63) is 35.9 Å². The largest absolute Gasteiger partial charge is 0.481 e. The molecule has 0 saturated carbocycles. The number of pyridine rings is 1. The minimum absolute atomic E-state index is 0.0200. The van der Waals surface area contributed by atoms with Gasteiger partial charge in [-0.1, -0.05) is 24.6 Å². The van der Waals surface area contributed by atoms with Crippen molar-refractivity contribution in [2.45, 2.75) is 37.5 Å². The quantitative estimate of drug-likeness (QED) is 0.568. The zero-order valence-electron chi connectivity index (χ0n) is 19.0. The lowest BCUT2D eigenvalue weighted by Crippen LogP contribution is -2.52. The van der Waals surface area contributed by atoms with Crippen LogP contribution in [0.15, 0.2) is 29.6 Å². The molecule has 3 atom stereocenters. The highest BCUT2D eigenvalue weighted by molar-refractivity contribution is 8.15. The molecule has 0 saturated heterocycles. The van der Waals surface area contributed by atoms with Gasteiger partial charge in [-0.3, -0.25) is 9.79 Å². The monoisotopic (exact) mass is 490 g/mol. The fourth-order valence-corrected chi connectivity index (χ4v) is 4.79. The van der Waals surface area contributed by atoms with Crippen LogP contribution >= 0.6 is 11.8 Å². The third-order valence-electron chi connectivity index (χ3n) is 5.82. The molecule has 0 aromatic carbocycles. The van der Waals surface area contributed by atoms with Crippen molar-refractivity contribution in [3.63, 3.8) is 0 Å².